The number of hydrogen-bond donors (Lipinski definition) is 8. The number of H-pyrrole nitrogens is 2. The number of imidazole rings is 2. The first-order chi connectivity index (χ1) is 31.0. The molecule has 6 aromatic carbocycles. The Morgan fingerprint density at radius 1 is 0.531 bits per heavy atom. The van der Waals surface area contributed by atoms with Gasteiger partial charge in [-0.1, -0.05) is 72.8 Å². The van der Waals surface area contributed by atoms with Gasteiger partial charge in [0.2, 0.25) is 11.9 Å². The highest BCUT2D eigenvalue weighted by molar-refractivity contribution is 6.04. The number of para-hydroxylation sites is 4. The number of hydrogen-bond acceptors (Lipinski definition) is 9. The lowest BCUT2D eigenvalue weighted by atomic mass is 9.90. The van der Waals surface area contributed by atoms with E-state index >= 15 is 4.79 Å². The Bertz CT molecular complexity index is 2700. The summed E-state index contributed by atoms with van der Waals surface area (Å²) < 4.78 is 0. The fourth-order valence-corrected chi connectivity index (χ4v) is 8.25. The molecule has 64 heavy (non-hydrogen) atoms. The van der Waals surface area contributed by atoms with Crippen LogP contribution in [0.2, 0.25) is 0 Å². The van der Waals surface area contributed by atoms with Crippen molar-refractivity contribution in [3.8, 4) is 11.5 Å². The van der Waals surface area contributed by atoms with E-state index in [0.717, 1.165) is 11.0 Å². The highest BCUT2D eigenvalue weighted by Crippen LogP contribution is 2.31. The van der Waals surface area contributed by atoms with Gasteiger partial charge in [-0.3, -0.25) is 20.2 Å². The van der Waals surface area contributed by atoms with Crippen LogP contribution < -0.4 is 10.6 Å². The lowest BCUT2D eigenvalue weighted by molar-refractivity contribution is -0.0408. The van der Waals surface area contributed by atoms with Gasteiger partial charge in [-0.05, 0) is 108 Å². The summed E-state index contributed by atoms with van der Waals surface area (Å²) in [5.41, 5.74) is 6.04. The second-order valence-corrected chi connectivity index (χ2v) is 15.9. The Kier molecular flexibility index (Phi) is 11.5. The fourth-order valence-electron chi connectivity index (χ4n) is 8.25. The molecule has 15 heteroatoms. The number of phenols is 2. The monoisotopic (exact) mass is 856 g/mol. The molecule has 4 atom stereocenters. The number of amides is 4. The van der Waals surface area contributed by atoms with E-state index in [1.807, 2.05) is 48.5 Å². The number of phenolic OH excluding ortho intramolecular Hbond substituents is 2. The van der Waals surface area contributed by atoms with E-state index in [4.69, 9.17) is 0 Å². The average Bonchev–Trinajstić information content (AvgIpc) is 3.91. The molecule has 0 spiro atoms. The summed E-state index contributed by atoms with van der Waals surface area (Å²) in [6, 6.07) is 38.7. The molecule has 0 aliphatic carbocycles. The minimum absolute atomic E-state index is 0.0458. The summed E-state index contributed by atoms with van der Waals surface area (Å²) in [6.07, 6.45) is -2.75. The van der Waals surface area contributed by atoms with Crippen molar-refractivity contribution in [2.75, 3.05) is 10.6 Å². The molecular weight excluding hydrogens is 813 g/mol. The zero-order valence-corrected chi connectivity index (χ0v) is 34.3. The standard InChI is InChI=1S/C49H44N8O7/c58-35-19-15-29(16-20-35)25-41-43(60)44(61)42(26-30-17-21-36(59)22-18-30)57(28-32-8-6-10-34(24-32)46(63)55-48-52-39-13-3-4-14-40(39)53-48)49(64)56(41)27-31-7-5-9-33(23-31)45(62)54-47-50-37-11-1-2-12-38(37)51-47/h1-24,41-44,58-61H,25-28H2,(H2,50,51,54,62)(H2,52,53,55,63)/t41-,42-,43+,44+/m1/s1. The zero-order chi connectivity index (χ0) is 44.3. The predicted octanol–water partition coefficient (Wildman–Crippen LogP) is 6.74. The van der Waals surface area contributed by atoms with Crippen LogP contribution in [0.4, 0.5) is 16.7 Å². The van der Waals surface area contributed by atoms with Crippen molar-refractivity contribution in [3.63, 3.8) is 0 Å². The molecule has 0 saturated carbocycles. The Hall–Kier alpha value is -8.01. The van der Waals surface area contributed by atoms with E-state index in [1.54, 1.807) is 72.8 Å². The number of rotatable bonds is 12. The summed E-state index contributed by atoms with van der Waals surface area (Å²) in [5.74, 6) is -0.222. The number of anilines is 2. The molecule has 3 heterocycles. The van der Waals surface area contributed by atoms with Crippen LogP contribution in [-0.4, -0.2) is 92.3 Å². The van der Waals surface area contributed by atoms with Crippen LogP contribution in [-0.2, 0) is 25.9 Å². The molecule has 9 rings (SSSR count). The largest absolute Gasteiger partial charge is 0.508 e. The summed E-state index contributed by atoms with van der Waals surface area (Å²) >= 11 is 0. The molecule has 15 nitrogen and oxygen atoms in total. The molecule has 8 aromatic rings. The van der Waals surface area contributed by atoms with E-state index in [1.165, 1.54) is 34.1 Å². The van der Waals surface area contributed by atoms with Gasteiger partial charge in [-0.15, -0.1) is 0 Å². The van der Waals surface area contributed by atoms with Gasteiger partial charge in [0, 0.05) is 24.2 Å². The number of aromatic hydroxyl groups is 2. The van der Waals surface area contributed by atoms with E-state index < -0.39 is 42.1 Å². The smallest absolute Gasteiger partial charge is 0.321 e. The van der Waals surface area contributed by atoms with Crippen LogP contribution in [0.3, 0.4) is 0 Å². The predicted molar refractivity (Wildman–Crippen MR) is 241 cm³/mol. The van der Waals surface area contributed by atoms with E-state index in [9.17, 15) is 30.0 Å². The Labute approximate surface area is 366 Å². The number of fused-ring (bicyclic) bond motifs is 2. The van der Waals surface area contributed by atoms with Crippen LogP contribution in [0.15, 0.2) is 146 Å². The summed E-state index contributed by atoms with van der Waals surface area (Å²) in [7, 11) is 0. The van der Waals surface area contributed by atoms with Gasteiger partial charge in [0.1, 0.15) is 23.7 Å². The van der Waals surface area contributed by atoms with Crippen LogP contribution in [0.1, 0.15) is 43.0 Å². The highest BCUT2D eigenvalue weighted by Gasteiger charge is 2.46. The minimum atomic E-state index is -1.48. The van der Waals surface area contributed by atoms with Gasteiger partial charge in [-0.25, -0.2) is 14.8 Å². The number of aromatic nitrogens is 4. The van der Waals surface area contributed by atoms with Crippen molar-refractivity contribution >= 4 is 51.8 Å². The zero-order valence-electron chi connectivity index (χ0n) is 34.3. The van der Waals surface area contributed by atoms with Gasteiger partial charge >= 0.3 is 6.03 Å². The van der Waals surface area contributed by atoms with Crippen molar-refractivity contribution < 1.29 is 34.8 Å². The topological polar surface area (TPSA) is 220 Å². The first-order valence-corrected chi connectivity index (χ1v) is 20.7. The molecule has 4 amide bonds. The van der Waals surface area contributed by atoms with Crippen LogP contribution in [0, 0.1) is 0 Å². The van der Waals surface area contributed by atoms with Gasteiger partial charge in [-0.2, -0.15) is 0 Å². The second-order valence-electron chi connectivity index (χ2n) is 15.9. The van der Waals surface area contributed by atoms with E-state index in [0.29, 0.717) is 44.4 Å². The molecule has 1 aliphatic rings. The lowest BCUT2D eigenvalue weighted by Crippen LogP contribution is -2.50. The Morgan fingerprint density at radius 3 is 1.34 bits per heavy atom. The molecule has 1 fully saturated rings. The van der Waals surface area contributed by atoms with E-state index in [-0.39, 0.29) is 49.3 Å². The third-order valence-corrected chi connectivity index (χ3v) is 11.5. The van der Waals surface area contributed by atoms with Gasteiger partial charge in [0.05, 0.1) is 34.2 Å². The first kappa shape index (κ1) is 41.3. The number of aromatic amines is 2. The molecule has 0 unspecified atom stereocenters. The summed E-state index contributed by atoms with van der Waals surface area (Å²) in [4.78, 5) is 60.7. The van der Waals surface area contributed by atoms with Gasteiger partial charge in [0.25, 0.3) is 11.8 Å². The highest BCUT2D eigenvalue weighted by atomic mass is 16.3. The minimum Gasteiger partial charge on any atom is -0.508 e. The van der Waals surface area contributed by atoms with Crippen LogP contribution in [0.5, 0.6) is 11.5 Å². The Balaban J connectivity index is 1.06. The number of nitrogens with zero attached hydrogens (tertiary/aromatic N) is 4. The molecule has 0 radical (unpaired) electrons. The molecule has 1 aliphatic heterocycles. The van der Waals surface area contributed by atoms with Crippen molar-refractivity contribution in [2.24, 2.45) is 0 Å². The number of aliphatic hydroxyl groups is 2. The number of carbonyl (C=O) groups excluding carboxylic acids is 3. The van der Waals surface area contributed by atoms with Crippen molar-refractivity contribution in [1.29, 1.82) is 0 Å². The van der Waals surface area contributed by atoms with Gasteiger partial charge in [0.15, 0.2) is 0 Å². The number of nitrogens with one attached hydrogen (secondary N) is 4. The maximum atomic E-state index is 15.4. The SMILES string of the molecule is O=C(Nc1nc2ccccc2[nH]1)c1cccc(CN2C(=O)N(Cc3cccc(C(=O)Nc4nc5ccccc5[nH]4)c3)[C@H](Cc3ccc(O)cc3)[C@H](O)[C@@H](O)[C@H]2Cc2ccc(O)cc2)c1. The van der Waals surface area contributed by atoms with Crippen LogP contribution in [0.25, 0.3) is 22.1 Å². The fraction of sp³-hybridized carbons (Fsp3) is 0.163. The lowest BCUT2D eigenvalue weighted by Gasteiger charge is -2.36. The molecule has 0 bridgehead atoms. The normalized spacial score (nSPS) is 17.7. The quantitative estimate of drug-likeness (QED) is 0.0652. The van der Waals surface area contributed by atoms with E-state index in [2.05, 4.69) is 30.6 Å². The number of carbonyl (C=O) groups is 3. The molecule has 1 saturated heterocycles. The number of urea groups is 1. The van der Waals surface area contributed by atoms with Crippen molar-refractivity contribution in [1.82, 2.24) is 29.7 Å². The number of benzene rings is 6. The first-order valence-electron chi connectivity index (χ1n) is 20.7. The number of aliphatic hydroxyl groups excluding tert-OH is 2. The van der Waals surface area contributed by atoms with Gasteiger partial charge < -0.3 is 40.2 Å². The molecule has 2 aromatic heterocycles. The maximum absolute atomic E-state index is 15.4. The summed E-state index contributed by atoms with van der Waals surface area (Å²) in [5, 5.41) is 50.3. The molecule has 8 N–H and O–H groups in total. The molecule has 322 valence electrons. The molecular formula is C49H44N8O7. The third-order valence-electron chi connectivity index (χ3n) is 11.5. The third kappa shape index (κ3) is 8.97. The van der Waals surface area contributed by atoms with Crippen molar-refractivity contribution in [2.45, 2.75) is 50.2 Å². The van der Waals surface area contributed by atoms with Crippen molar-refractivity contribution in [3.05, 3.63) is 179 Å². The second kappa shape index (κ2) is 17.8. The Morgan fingerprint density at radius 2 is 0.938 bits per heavy atom. The average molecular weight is 857 g/mol. The maximum Gasteiger partial charge on any atom is 0.321 e. The van der Waals surface area contributed by atoms with Crippen LogP contribution >= 0.6 is 0 Å². The summed E-state index contributed by atoms with van der Waals surface area (Å²) in [6.45, 7) is -0.140.